The van der Waals surface area contributed by atoms with Gasteiger partial charge in [-0.1, -0.05) is 20.8 Å². The van der Waals surface area contributed by atoms with Gasteiger partial charge in [-0.15, -0.1) is 0 Å². The summed E-state index contributed by atoms with van der Waals surface area (Å²) in [6.45, 7) is 7.64. The number of nitrogens with one attached hydrogen (secondary N) is 1. The molecule has 4 nitrogen and oxygen atoms in total. The summed E-state index contributed by atoms with van der Waals surface area (Å²) in [5.74, 6) is 0.355. The number of carbonyl (C=O) groups is 1. The van der Waals surface area contributed by atoms with Crippen LogP contribution in [0.4, 0.5) is 5.82 Å². The number of amides is 1. The fourth-order valence-corrected chi connectivity index (χ4v) is 0.960. The van der Waals surface area contributed by atoms with Gasteiger partial charge in [0.1, 0.15) is 0 Å². The summed E-state index contributed by atoms with van der Waals surface area (Å²) < 4.78 is 0. The van der Waals surface area contributed by atoms with Crippen LogP contribution in [0.5, 0.6) is 0 Å². The van der Waals surface area contributed by atoms with Crippen molar-refractivity contribution in [1.29, 1.82) is 0 Å². The molecule has 0 aliphatic carbocycles. The smallest absolute Gasteiger partial charge is 0.222 e. The van der Waals surface area contributed by atoms with Gasteiger partial charge in [0.25, 0.3) is 0 Å². The van der Waals surface area contributed by atoms with Crippen LogP contribution in [0.3, 0.4) is 0 Å². The summed E-state index contributed by atoms with van der Waals surface area (Å²) in [4.78, 5) is 19.0. The fraction of sp³-hybridized carbons (Fsp3) is 0.500. The second kappa shape index (κ2) is 3.74. The Bertz CT molecular complexity index is 324. The second-order valence-electron chi connectivity index (χ2n) is 4.22. The highest BCUT2D eigenvalue weighted by molar-refractivity contribution is 5.87. The van der Waals surface area contributed by atoms with Gasteiger partial charge in [-0.05, 0) is 0 Å². The minimum absolute atomic E-state index is 0.0121. The zero-order chi connectivity index (χ0) is 10.8. The van der Waals surface area contributed by atoms with Crippen LogP contribution in [-0.4, -0.2) is 15.9 Å². The van der Waals surface area contributed by atoms with Gasteiger partial charge < -0.3 is 5.32 Å². The average Bonchev–Trinajstić information content (AvgIpc) is 2.02. The Labute approximate surface area is 83.8 Å². The van der Waals surface area contributed by atoms with Crippen LogP contribution in [0.15, 0.2) is 12.4 Å². The van der Waals surface area contributed by atoms with E-state index in [1.54, 1.807) is 12.4 Å². The van der Waals surface area contributed by atoms with Crippen LogP contribution in [0.2, 0.25) is 0 Å². The van der Waals surface area contributed by atoms with Gasteiger partial charge >= 0.3 is 0 Å². The van der Waals surface area contributed by atoms with Crippen molar-refractivity contribution in [3.05, 3.63) is 18.1 Å². The SMILES string of the molecule is CC(=O)Nc1cnc(C(C)(C)C)cn1. The molecular weight excluding hydrogens is 178 g/mol. The van der Waals surface area contributed by atoms with E-state index >= 15 is 0 Å². The minimum atomic E-state index is -0.136. The van der Waals surface area contributed by atoms with E-state index in [0.717, 1.165) is 5.69 Å². The van der Waals surface area contributed by atoms with E-state index in [1.807, 2.05) is 0 Å². The summed E-state index contributed by atoms with van der Waals surface area (Å²) in [5.41, 5.74) is 0.897. The molecule has 1 heterocycles. The Balaban J connectivity index is 2.84. The fourth-order valence-electron chi connectivity index (χ4n) is 0.960. The monoisotopic (exact) mass is 193 g/mol. The van der Waals surface area contributed by atoms with Gasteiger partial charge in [0.15, 0.2) is 5.82 Å². The lowest BCUT2D eigenvalue weighted by atomic mass is 9.93. The molecule has 14 heavy (non-hydrogen) atoms. The standard InChI is InChI=1S/C10H15N3O/c1-7(14)13-9-6-11-8(5-12-9)10(2,3)4/h5-6H,1-4H3,(H,12,13,14). The van der Waals surface area contributed by atoms with Crippen molar-refractivity contribution in [3.63, 3.8) is 0 Å². The minimum Gasteiger partial charge on any atom is -0.310 e. The number of hydrogen-bond donors (Lipinski definition) is 1. The summed E-state index contributed by atoms with van der Waals surface area (Å²) >= 11 is 0. The van der Waals surface area contributed by atoms with Crippen molar-refractivity contribution >= 4 is 11.7 Å². The second-order valence-corrected chi connectivity index (χ2v) is 4.22. The van der Waals surface area contributed by atoms with E-state index < -0.39 is 0 Å². The molecule has 0 unspecified atom stereocenters. The van der Waals surface area contributed by atoms with Crippen molar-refractivity contribution in [3.8, 4) is 0 Å². The molecule has 0 radical (unpaired) electrons. The molecule has 0 saturated heterocycles. The Morgan fingerprint density at radius 3 is 2.29 bits per heavy atom. The van der Waals surface area contributed by atoms with Gasteiger partial charge in [0.05, 0.1) is 18.1 Å². The molecule has 0 saturated carbocycles. The molecule has 1 aromatic heterocycles. The van der Waals surface area contributed by atoms with Gasteiger partial charge in [-0.25, -0.2) is 4.98 Å². The molecule has 1 rings (SSSR count). The molecule has 1 N–H and O–H groups in total. The first-order valence-corrected chi connectivity index (χ1v) is 4.50. The maximum atomic E-state index is 10.7. The van der Waals surface area contributed by atoms with Gasteiger partial charge in [0.2, 0.25) is 5.91 Å². The summed E-state index contributed by atoms with van der Waals surface area (Å²) in [7, 11) is 0. The van der Waals surface area contributed by atoms with Gasteiger partial charge in [-0.3, -0.25) is 9.78 Å². The molecule has 1 amide bonds. The molecule has 0 aliphatic heterocycles. The Kier molecular flexibility index (Phi) is 2.84. The Morgan fingerprint density at radius 2 is 1.93 bits per heavy atom. The Morgan fingerprint density at radius 1 is 1.29 bits per heavy atom. The summed E-state index contributed by atoms with van der Waals surface area (Å²) in [6, 6.07) is 0. The highest BCUT2D eigenvalue weighted by Crippen LogP contribution is 2.19. The molecule has 0 atom stereocenters. The van der Waals surface area contributed by atoms with Crippen molar-refractivity contribution in [2.24, 2.45) is 0 Å². The predicted molar refractivity (Wildman–Crippen MR) is 55.0 cm³/mol. The van der Waals surface area contributed by atoms with E-state index in [9.17, 15) is 4.79 Å². The van der Waals surface area contributed by atoms with Crippen molar-refractivity contribution in [2.45, 2.75) is 33.1 Å². The third-order valence-electron chi connectivity index (χ3n) is 1.72. The summed E-state index contributed by atoms with van der Waals surface area (Å²) in [6.07, 6.45) is 3.26. The van der Waals surface area contributed by atoms with E-state index in [-0.39, 0.29) is 11.3 Å². The highest BCUT2D eigenvalue weighted by Gasteiger charge is 2.15. The zero-order valence-electron chi connectivity index (χ0n) is 8.96. The molecule has 76 valence electrons. The quantitative estimate of drug-likeness (QED) is 0.739. The molecule has 0 aromatic carbocycles. The molecule has 1 aromatic rings. The van der Waals surface area contributed by atoms with E-state index in [2.05, 4.69) is 36.1 Å². The first kappa shape index (κ1) is 10.6. The van der Waals surface area contributed by atoms with Crippen LogP contribution in [-0.2, 0) is 10.2 Å². The number of nitrogens with zero attached hydrogens (tertiary/aromatic N) is 2. The third kappa shape index (κ3) is 2.80. The predicted octanol–water partition coefficient (Wildman–Crippen LogP) is 1.73. The van der Waals surface area contributed by atoms with Gasteiger partial charge in [-0.2, -0.15) is 0 Å². The number of rotatable bonds is 1. The molecule has 0 aliphatic rings. The molecule has 0 fully saturated rings. The first-order chi connectivity index (χ1) is 6.39. The highest BCUT2D eigenvalue weighted by atomic mass is 16.1. The van der Waals surface area contributed by atoms with Crippen molar-refractivity contribution in [2.75, 3.05) is 5.32 Å². The topological polar surface area (TPSA) is 54.9 Å². The molecular formula is C10H15N3O. The van der Waals surface area contributed by atoms with Crippen LogP contribution < -0.4 is 5.32 Å². The summed E-state index contributed by atoms with van der Waals surface area (Å²) in [5, 5.41) is 2.57. The average molecular weight is 193 g/mol. The van der Waals surface area contributed by atoms with Gasteiger partial charge in [0, 0.05) is 12.3 Å². The Hall–Kier alpha value is -1.45. The van der Waals surface area contributed by atoms with E-state index in [4.69, 9.17) is 0 Å². The van der Waals surface area contributed by atoms with Crippen molar-refractivity contribution in [1.82, 2.24) is 9.97 Å². The first-order valence-electron chi connectivity index (χ1n) is 4.50. The largest absolute Gasteiger partial charge is 0.310 e. The maximum Gasteiger partial charge on any atom is 0.222 e. The maximum absolute atomic E-state index is 10.7. The number of anilines is 1. The number of aromatic nitrogens is 2. The van der Waals surface area contributed by atoms with E-state index in [0.29, 0.717) is 5.82 Å². The lowest BCUT2D eigenvalue weighted by Crippen LogP contribution is -2.15. The third-order valence-corrected chi connectivity index (χ3v) is 1.72. The van der Waals surface area contributed by atoms with E-state index in [1.165, 1.54) is 6.92 Å². The molecule has 4 heteroatoms. The lowest BCUT2D eigenvalue weighted by Gasteiger charge is -2.16. The number of hydrogen-bond acceptors (Lipinski definition) is 3. The molecule has 0 bridgehead atoms. The zero-order valence-corrected chi connectivity index (χ0v) is 8.96. The van der Waals surface area contributed by atoms with Crippen LogP contribution in [0, 0.1) is 0 Å². The normalized spacial score (nSPS) is 11.1. The molecule has 0 spiro atoms. The van der Waals surface area contributed by atoms with Crippen LogP contribution in [0.25, 0.3) is 0 Å². The van der Waals surface area contributed by atoms with Crippen molar-refractivity contribution < 1.29 is 4.79 Å². The lowest BCUT2D eigenvalue weighted by molar-refractivity contribution is -0.114. The van der Waals surface area contributed by atoms with Crippen LogP contribution in [0.1, 0.15) is 33.4 Å². The number of carbonyl (C=O) groups excluding carboxylic acids is 1. The van der Waals surface area contributed by atoms with Crippen LogP contribution >= 0.6 is 0 Å².